The molecule has 1 aliphatic rings. The number of carbonyl (C=O) groups is 3. The van der Waals surface area contributed by atoms with Gasteiger partial charge in [-0.2, -0.15) is 0 Å². The first-order chi connectivity index (χ1) is 13.5. The van der Waals surface area contributed by atoms with Crippen molar-refractivity contribution in [3.8, 4) is 0 Å². The topological polar surface area (TPSA) is 99.5 Å². The molecule has 3 aromatic rings. The van der Waals surface area contributed by atoms with Crippen LogP contribution in [0.1, 0.15) is 27.8 Å². The number of halogens is 1. The highest BCUT2D eigenvalue weighted by Crippen LogP contribution is 2.21. The summed E-state index contributed by atoms with van der Waals surface area (Å²) in [6, 6.07) is 6.43. The maximum absolute atomic E-state index is 12.8. The summed E-state index contributed by atoms with van der Waals surface area (Å²) in [6.45, 7) is 2.75. The van der Waals surface area contributed by atoms with Crippen LogP contribution in [0.2, 0.25) is 0 Å². The van der Waals surface area contributed by atoms with Gasteiger partial charge in [-0.05, 0) is 47.1 Å². The number of Topliss-reactive ketones (excluding diaryl/α,β-unsaturated/α-hetero) is 1. The van der Waals surface area contributed by atoms with Crippen molar-refractivity contribution in [1.29, 1.82) is 0 Å². The predicted molar refractivity (Wildman–Crippen MR) is 104 cm³/mol. The van der Waals surface area contributed by atoms with Crippen LogP contribution in [0.3, 0.4) is 0 Å². The van der Waals surface area contributed by atoms with Crippen LogP contribution >= 0.6 is 15.9 Å². The lowest BCUT2D eigenvalue weighted by Gasteiger charge is -2.39. The highest BCUT2D eigenvalue weighted by molar-refractivity contribution is 9.10. The number of piperazine rings is 1. The lowest BCUT2D eigenvalue weighted by atomic mass is 10.1. The molecule has 1 atom stereocenters. The monoisotopic (exact) mass is 444 g/mol. The van der Waals surface area contributed by atoms with Crippen LogP contribution in [0.5, 0.6) is 0 Å². The van der Waals surface area contributed by atoms with Gasteiger partial charge >= 0.3 is 0 Å². The van der Waals surface area contributed by atoms with Gasteiger partial charge in [-0.3, -0.25) is 14.4 Å². The molecule has 4 rings (SSSR count). The quantitative estimate of drug-likeness (QED) is 0.493. The molecule has 1 saturated heterocycles. The Morgan fingerprint density at radius 1 is 1.25 bits per heavy atom. The molecule has 2 amide bonds. The zero-order chi connectivity index (χ0) is 19.8. The smallest absolute Gasteiger partial charge is 0.295 e. The number of furan rings is 1. The van der Waals surface area contributed by atoms with E-state index >= 15 is 0 Å². The highest BCUT2D eigenvalue weighted by Gasteiger charge is 2.34. The van der Waals surface area contributed by atoms with Gasteiger partial charge in [0.05, 0.1) is 5.56 Å². The predicted octanol–water partition coefficient (Wildman–Crippen LogP) is 2.47. The van der Waals surface area contributed by atoms with Crippen molar-refractivity contribution in [3.63, 3.8) is 0 Å². The number of nitrogens with zero attached hydrogens (tertiary/aromatic N) is 3. The van der Waals surface area contributed by atoms with Crippen LogP contribution in [0.4, 0.5) is 0 Å². The van der Waals surface area contributed by atoms with E-state index in [1.807, 2.05) is 6.92 Å². The van der Waals surface area contributed by atoms with Crippen molar-refractivity contribution in [2.45, 2.75) is 13.0 Å². The first kappa shape index (κ1) is 18.4. The second-order valence-electron chi connectivity index (χ2n) is 6.63. The molecular weight excluding hydrogens is 428 g/mol. The summed E-state index contributed by atoms with van der Waals surface area (Å²) in [5, 5.41) is 0.616. The van der Waals surface area contributed by atoms with Gasteiger partial charge in [0.25, 0.3) is 17.6 Å². The Kier molecular flexibility index (Phi) is 4.76. The molecule has 28 heavy (non-hydrogen) atoms. The van der Waals surface area contributed by atoms with Crippen LogP contribution < -0.4 is 0 Å². The van der Waals surface area contributed by atoms with Gasteiger partial charge in [0.2, 0.25) is 0 Å². The molecule has 0 aliphatic carbocycles. The third-order valence-electron chi connectivity index (χ3n) is 4.85. The molecule has 4 heterocycles. The van der Waals surface area contributed by atoms with Crippen molar-refractivity contribution >= 4 is 44.6 Å². The number of aromatic amines is 1. The number of aromatic nitrogens is 2. The van der Waals surface area contributed by atoms with Gasteiger partial charge in [-0.25, -0.2) is 4.98 Å². The normalized spacial score (nSPS) is 17.1. The molecule has 0 spiro atoms. The number of nitrogens with one attached hydrogen (secondary N) is 1. The van der Waals surface area contributed by atoms with Gasteiger partial charge in [0.15, 0.2) is 10.4 Å². The average molecular weight is 445 g/mol. The van der Waals surface area contributed by atoms with Crippen molar-refractivity contribution in [3.05, 3.63) is 52.7 Å². The number of carbonyl (C=O) groups excluding carboxylic acids is 3. The summed E-state index contributed by atoms with van der Waals surface area (Å²) < 4.78 is 5.80. The number of fused-ring (bicyclic) bond motifs is 1. The summed E-state index contributed by atoms with van der Waals surface area (Å²) in [5.41, 5.74) is 0.867. The number of rotatable bonds is 3. The zero-order valence-corrected chi connectivity index (χ0v) is 16.6. The minimum Gasteiger partial charge on any atom is -0.444 e. The average Bonchev–Trinajstić information content (AvgIpc) is 3.32. The Morgan fingerprint density at radius 2 is 2.07 bits per heavy atom. The lowest BCUT2D eigenvalue weighted by Crippen LogP contribution is -2.56. The largest absolute Gasteiger partial charge is 0.444 e. The fraction of sp³-hybridized carbons (Fsp3) is 0.263. The SMILES string of the molecule is C[C@@H]1CN(C(=O)c2ccc(Br)o2)CCN1C(=O)C(=O)c1c[nH]c2ncccc12. The molecule has 0 saturated carbocycles. The summed E-state index contributed by atoms with van der Waals surface area (Å²) in [6.07, 6.45) is 3.13. The summed E-state index contributed by atoms with van der Waals surface area (Å²) >= 11 is 3.18. The Labute approximate surface area is 168 Å². The van der Waals surface area contributed by atoms with E-state index in [1.165, 1.54) is 11.1 Å². The van der Waals surface area contributed by atoms with Crippen LogP contribution in [0.25, 0.3) is 11.0 Å². The Hall–Kier alpha value is -2.94. The number of amides is 2. The number of hydrogen-bond donors (Lipinski definition) is 1. The third-order valence-corrected chi connectivity index (χ3v) is 5.28. The summed E-state index contributed by atoms with van der Waals surface area (Å²) in [4.78, 5) is 48.3. The maximum Gasteiger partial charge on any atom is 0.295 e. The van der Waals surface area contributed by atoms with Crippen LogP contribution in [-0.4, -0.2) is 63.0 Å². The van der Waals surface area contributed by atoms with E-state index in [2.05, 4.69) is 25.9 Å². The van der Waals surface area contributed by atoms with Crippen LogP contribution in [0, 0.1) is 0 Å². The van der Waals surface area contributed by atoms with E-state index in [1.54, 1.807) is 35.4 Å². The number of pyridine rings is 1. The second kappa shape index (κ2) is 7.23. The fourth-order valence-corrected chi connectivity index (χ4v) is 3.72. The molecule has 8 nitrogen and oxygen atoms in total. The van der Waals surface area contributed by atoms with E-state index in [-0.39, 0.29) is 24.3 Å². The summed E-state index contributed by atoms with van der Waals surface area (Å²) in [5.74, 6) is -1.16. The molecule has 0 unspecified atom stereocenters. The maximum atomic E-state index is 12.8. The fourth-order valence-electron chi connectivity index (χ4n) is 3.42. The minimum absolute atomic E-state index is 0.237. The van der Waals surface area contributed by atoms with Gasteiger partial charge in [0.1, 0.15) is 5.65 Å². The highest BCUT2D eigenvalue weighted by atomic mass is 79.9. The molecule has 1 aliphatic heterocycles. The Morgan fingerprint density at radius 3 is 2.79 bits per heavy atom. The summed E-state index contributed by atoms with van der Waals surface area (Å²) in [7, 11) is 0. The standard InChI is InChI=1S/C19H17BrN4O4/c1-11-10-23(18(26)14-4-5-15(20)28-14)7-8-24(11)19(27)16(25)13-9-22-17-12(13)3-2-6-21-17/h2-6,9,11H,7-8,10H2,1H3,(H,21,22)/t11-/m1/s1. The van der Waals surface area contributed by atoms with Gasteiger partial charge in [-0.15, -0.1) is 0 Å². The number of hydrogen-bond acceptors (Lipinski definition) is 5. The molecule has 0 radical (unpaired) electrons. The molecular formula is C19H17BrN4O4. The molecule has 1 N–H and O–H groups in total. The van der Waals surface area contributed by atoms with Crippen molar-refractivity contribution in [1.82, 2.24) is 19.8 Å². The third kappa shape index (κ3) is 3.22. The van der Waals surface area contributed by atoms with E-state index in [0.29, 0.717) is 34.4 Å². The Bertz CT molecular complexity index is 1070. The number of ketones is 1. The first-order valence-corrected chi connectivity index (χ1v) is 9.57. The van der Waals surface area contributed by atoms with Crippen molar-refractivity contribution < 1.29 is 18.8 Å². The molecule has 144 valence electrons. The molecule has 0 aromatic carbocycles. The second-order valence-corrected chi connectivity index (χ2v) is 7.42. The zero-order valence-electron chi connectivity index (χ0n) is 15.0. The van der Waals surface area contributed by atoms with E-state index in [9.17, 15) is 14.4 Å². The van der Waals surface area contributed by atoms with Gasteiger partial charge in [0, 0.05) is 43.5 Å². The van der Waals surface area contributed by atoms with Crippen LogP contribution in [0.15, 0.2) is 45.7 Å². The van der Waals surface area contributed by atoms with Crippen LogP contribution in [-0.2, 0) is 4.79 Å². The number of H-pyrrole nitrogens is 1. The van der Waals surface area contributed by atoms with Crippen molar-refractivity contribution in [2.24, 2.45) is 0 Å². The molecule has 0 bridgehead atoms. The minimum atomic E-state index is -0.583. The first-order valence-electron chi connectivity index (χ1n) is 8.77. The van der Waals surface area contributed by atoms with E-state index < -0.39 is 11.7 Å². The van der Waals surface area contributed by atoms with E-state index in [4.69, 9.17) is 4.42 Å². The van der Waals surface area contributed by atoms with E-state index in [0.717, 1.165) is 0 Å². The van der Waals surface area contributed by atoms with Crippen molar-refractivity contribution in [2.75, 3.05) is 19.6 Å². The molecule has 1 fully saturated rings. The Balaban J connectivity index is 1.47. The molecule has 3 aromatic heterocycles. The van der Waals surface area contributed by atoms with Gasteiger partial charge < -0.3 is 19.2 Å². The van der Waals surface area contributed by atoms with Gasteiger partial charge in [-0.1, -0.05) is 0 Å². The molecule has 9 heteroatoms. The lowest BCUT2D eigenvalue weighted by molar-refractivity contribution is -0.130.